The van der Waals surface area contributed by atoms with Gasteiger partial charge in [0, 0.05) is 18.5 Å². The van der Waals surface area contributed by atoms with Gasteiger partial charge in [-0.25, -0.2) is 0 Å². The number of hydrogen-bond donors (Lipinski definition) is 2. The maximum atomic E-state index is 12.6. The summed E-state index contributed by atoms with van der Waals surface area (Å²) in [6.07, 6.45) is 14.3. The first kappa shape index (κ1) is 24.3. The Labute approximate surface area is 208 Å². The maximum Gasteiger partial charge on any atom is 0.255 e. The smallest absolute Gasteiger partial charge is 0.255 e. The highest BCUT2D eigenvalue weighted by Crippen LogP contribution is 2.32. The van der Waals surface area contributed by atoms with E-state index < -0.39 is 6.04 Å². The van der Waals surface area contributed by atoms with Gasteiger partial charge < -0.3 is 15.0 Å². The molecule has 1 atom stereocenters. The van der Waals surface area contributed by atoms with E-state index in [9.17, 15) is 14.4 Å². The van der Waals surface area contributed by atoms with Crippen molar-refractivity contribution in [3.8, 4) is 5.75 Å². The molecular weight excluding hydrogens is 442 g/mol. The van der Waals surface area contributed by atoms with Crippen molar-refractivity contribution in [2.45, 2.75) is 95.7 Å². The highest BCUT2D eigenvalue weighted by atomic mass is 16.5. The molecule has 0 radical (unpaired) electrons. The average Bonchev–Trinajstić information content (AvgIpc) is 3.15. The summed E-state index contributed by atoms with van der Waals surface area (Å²) in [6, 6.07) is 5.00. The summed E-state index contributed by atoms with van der Waals surface area (Å²) in [4.78, 5) is 37.6. The van der Waals surface area contributed by atoms with Crippen LogP contribution in [0, 0.1) is 11.8 Å². The lowest BCUT2D eigenvalue weighted by Crippen LogP contribution is -2.52. The van der Waals surface area contributed by atoms with Crippen molar-refractivity contribution in [2.75, 3.05) is 13.1 Å². The number of carbonyl (C=O) groups excluding carboxylic acids is 3. The molecule has 6 rings (SSSR count). The van der Waals surface area contributed by atoms with E-state index in [-0.39, 0.29) is 30.2 Å². The second-order valence-corrected chi connectivity index (χ2v) is 10.9. The highest BCUT2D eigenvalue weighted by Gasteiger charge is 2.39. The number of imide groups is 1. The van der Waals surface area contributed by atoms with E-state index in [2.05, 4.69) is 10.6 Å². The van der Waals surface area contributed by atoms with Gasteiger partial charge in [-0.3, -0.25) is 19.7 Å². The van der Waals surface area contributed by atoms with Crippen molar-refractivity contribution in [2.24, 2.45) is 11.8 Å². The SMILES string of the molecule is C1CCC(C2CNC2)CC1.O=C1CCC(N2Cc3cc(OC4CCCCC4)ccc3C2=O)C(=O)N1. The van der Waals surface area contributed by atoms with Crippen LogP contribution in [0.15, 0.2) is 18.2 Å². The summed E-state index contributed by atoms with van der Waals surface area (Å²) >= 11 is 0. The van der Waals surface area contributed by atoms with Crippen molar-refractivity contribution >= 4 is 17.7 Å². The Morgan fingerprint density at radius 2 is 1.54 bits per heavy atom. The lowest BCUT2D eigenvalue weighted by molar-refractivity contribution is -0.136. The third kappa shape index (κ3) is 5.71. The number of hydrogen-bond acceptors (Lipinski definition) is 5. The zero-order valence-corrected chi connectivity index (χ0v) is 20.7. The van der Waals surface area contributed by atoms with Gasteiger partial charge in [-0.2, -0.15) is 0 Å². The van der Waals surface area contributed by atoms with Crippen LogP contribution in [-0.2, 0) is 16.1 Å². The lowest BCUT2D eigenvalue weighted by Gasteiger charge is -2.36. The molecular formula is C28H39N3O4. The Morgan fingerprint density at radius 3 is 2.20 bits per heavy atom. The molecule has 0 spiro atoms. The fraction of sp³-hybridized carbons (Fsp3) is 0.679. The van der Waals surface area contributed by atoms with Gasteiger partial charge in [0.15, 0.2) is 0 Å². The van der Waals surface area contributed by atoms with Crippen LogP contribution in [0.5, 0.6) is 5.75 Å². The Bertz CT molecular complexity index is 932. The van der Waals surface area contributed by atoms with E-state index in [0.29, 0.717) is 18.5 Å². The average molecular weight is 482 g/mol. The van der Waals surface area contributed by atoms with Crippen LogP contribution in [0.1, 0.15) is 93.0 Å². The summed E-state index contributed by atoms with van der Waals surface area (Å²) in [5, 5.41) is 5.68. The van der Waals surface area contributed by atoms with E-state index in [0.717, 1.165) is 36.0 Å². The largest absolute Gasteiger partial charge is 0.490 e. The minimum Gasteiger partial charge on any atom is -0.490 e. The fourth-order valence-corrected chi connectivity index (χ4v) is 6.25. The van der Waals surface area contributed by atoms with Crippen LogP contribution in [0.4, 0.5) is 0 Å². The van der Waals surface area contributed by atoms with E-state index in [1.165, 1.54) is 64.5 Å². The van der Waals surface area contributed by atoms with Gasteiger partial charge in [-0.15, -0.1) is 0 Å². The molecule has 1 aromatic rings. The molecule has 3 aliphatic heterocycles. The maximum absolute atomic E-state index is 12.6. The van der Waals surface area contributed by atoms with Crippen LogP contribution in [0.3, 0.4) is 0 Å². The Kier molecular flexibility index (Phi) is 7.71. The molecule has 190 valence electrons. The van der Waals surface area contributed by atoms with Crippen molar-refractivity contribution < 1.29 is 19.1 Å². The molecule has 7 nitrogen and oxygen atoms in total. The van der Waals surface area contributed by atoms with Gasteiger partial charge in [-0.05, 0) is 80.8 Å². The number of ether oxygens (including phenoxy) is 1. The standard InChI is InChI=1S/C19H22N2O4.C9H17N/c22-17-9-8-16(18(23)20-17)21-11-12-10-14(6-7-15(12)19(21)24)25-13-4-2-1-3-5-13;1-2-4-8(5-3-1)9-6-10-7-9/h6-7,10,13,16H,1-5,8-9,11H2,(H,20,22,23);8-10H,1-7H2. The van der Waals surface area contributed by atoms with Crippen molar-refractivity contribution in [3.05, 3.63) is 29.3 Å². The molecule has 0 aromatic heterocycles. The zero-order chi connectivity index (χ0) is 24.2. The quantitative estimate of drug-likeness (QED) is 0.636. The molecule has 1 unspecified atom stereocenters. The number of fused-ring (bicyclic) bond motifs is 1. The van der Waals surface area contributed by atoms with Gasteiger partial charge in [0.2, 0.25) is 11.8 Å². The summed E-state index contributed by atoms with van der Waals surface area (Å²) in [5.41, 5.74) is 1.52. The van der Waals surface area contributed by atoms with E-state index in [1.807, 2.05) is 12.1 Å². The van der Waals surface area contributed by atoms with Crippen LogP contribution in [0.2, 0.25) is 0 Å². The second-order valence-electron chi connectivity index (χ2n) is 10.9. The monoisotopic (exact) mass is 481 g/mol. The number of piperidine rings is 1. The van der Waals surface area contributed by atoms with Crippen LogP contribution < -0.4 is 15.4 Å². The zero-order valence-electron chi connectivity index (χ0n) is 20.7. The predicted octanol–water partition coefficient (Wildman–Crippen LogP) is 3.95. The third-order valence-corrected chi connectivity index (χ3v) is 8.48. The molecule has 5 aliphatic rings. The molecule has 3 amide bonds. The van der Waals surface area contributed by atoms with Gasteiger partial charge in [0.1, 0.15) is 11.8 Å². The highest BCUT2D eigenvalue weighted by molar-refractivity contribution is 6.05. The third-order valence-electron chi connectivity index (χ3n) is 8.48. The van der Waals surface area contributed by atoms with Gasteiger partial charge >= 0.3 is 0 Å². The fourth-order valence-electron chi connectivity index (χ4n) is 6.25. The normalized spacial score (nSPS) is 25.9. The molecule has 1 aromatic carbocycles. The summed E-state index contributed by atoms with van der Waals surface area (Å²) in [6.45, 7) is 3.01. The van der Waals surface area contributed by atoms with E-state index in [1.54, 1.807) is 11.0 Å². The van der Waals surface area contributed by atoms with Gasteiger partial charge in [0.05, 0.1) is 6.10 Å². The number of rotatable bonds is 4. The molecule has 0 bridgehead atoms. The summed E-state index contributed by atoms with van der Waals surface area (Å²) < 4.78 is 6.08. The number of amides is 3. The van der Waals surface area contributed by atoms with Gasteiger partial charge in [0.25, 0.3) is 5.91 Å². The second kappa shape index (κ2) is 11.1. The summed E-state index contributed by atoms with van der Waals surface area (Å²) in [7, 11) is 0. The number of carbonyl (C=O) groups is 3. The first-order valence-corrected chi connectivity index (χ1v) is 13.7. The molecule has 3 heterocycles. The Morgan fingerprint density at radius 1 is 0.829 bits per heavy atom. The van der Waals surface area contributed by atoms with Crippen LogP contribution in [0.25, 0.3) is 0 Å². The molecule has 2 saturated heterocycles. The number of nitrogens with zero attached hydrogens (tertiary/aromatic N) is 1. The van der Waals surface area contributed by atoms with E-state index >= 15 is 0 Å². The molecule has 2 N–H and O–H groups in total. The molecule has 7 heteroatoms. The van der Waals surface area contributed by atoms with E-state index in [4.69, 9.17) is 4.74 Å². The summed E-state index contributed by atoms with van der Waals surface area (Å²) in [5.74, 6) is 2.15. The first-order chi connectivity index (χ1) is 17.1. The van der Waals surface area contributed by atoms with Gasteiger partial charge in [-0.1, -0.05) is 38.5 Å². The number of nitrogens with one attached hydrogen (secondary N) is 2. The van der Waals surface area contributed by atoms with Crippen molar-refractivity contribution in [1.82, 2.24) is 15.5 Å². The number of benzene rings is 1. The molecule has 35 heavy (non-hydrogen) atoms. The Hall–Kier alpha value is -2.41. The molecule has 2 saturated carbocycles. The van der Waals surface area contributed by atoms with Crippen molar-refractivity contribution in [3.63, 3.8) is 0 Å². The predicted molar refractivity (Wildman–Crippen MR) is 133 cm³/mol. The first-order valence-electron chi connectivity index (χ1n) is 13.7. The topological polar surface area (TPSA) is 87.7 Å². The van der Waals surface area contributed by atoms with Crippen molar-refractivity contribution in [1.29, 1.82) is 0 Å². The molecule has 2 aliphatic carbocycles. The molecule has 4 fully saturated rings. The Balaban J connectivity index is 0.000000211. The minimum absolute atomic E-state index is 0.145. The minimum atomic E-state index is -0.569. The van der Waals surface area contributed by atoms with Crippen LogP contribution in [-0.4, -0.2) is 47.9 Å². The lowest BCUT2D eigenvalue weighted by atomic mass is 9.77. The van der Waals surface area contributed by atoms with Crippen LogP contribution >= 0.6 is 0 Å².